The predicted octanol–water partition coefficient (Wildman–Crippen LogP) is 23.6. The fraction of sp³-hybridized carbons (Fsp3) is 0.722. The summed E-state index contributed by atoms with van der Waals surface area (Å²) in [5, 5.41) is 0. The lowest BCUT2D eigenvalue weighted by Gasteiger charge is -2.28. The van der Waals surface area contributed by atoms with Gasteiger partial charge in [-0.3, -0.25) is 14.2 Å². The quantitative estimate of drug-likeness (QED) is 0.0195. The molecule has 0 saturated heterocycles. The van der Waals surface area contributed by atoms with Crippen LogP contribution in [-0.2, 0) is 32.7 Å². The van der Waals surface area contributed by atoms with Crippen molar-refractivity contribution >= 4 is 19.8 Å². The van der Waals surface area contributed by atoms with Crippen molar-refractivity contribution in [1.29, 1.82) is 0 Å². The van der Waals surface area contributed by atoms with Crippen molar-refractivity contribution in [2.24, 2.45) is 0 Å². The zero-order chi connectivity index (χ0) is 64.8. The molecule has 0 radical (unpaired) electrons. The Kier molecular flexibility index (Phi) is 66.0. The van der Waals surface area contributed by atoms with E-state index in [-0.39, 0.29) is 32.0 Å². The van der Waals surface area contributed by atoms with E-state index in [9.17, 15) is 19.0 Å². The molecule has 0 aromatic carbocycles. The second-order valence-electron chi connectivity index (χ2n) is 25.6. The van der Waals surface area contributed by atoms with Gasteiger partial charge in [-0.1, -0.05) is 334 Å². The van der Waals surface area contributed by atoms with Crippen LogP contribution < -0.4 is 4.89 Å². The molecule has 0 aliphatic carbocycles. The molecule has 512 valence electrons. The van der Waals surface area contributed by atoms with Crippen LogP contribution in [-0.4, -0.2) is 70.0 Å². The molecule has 10 heteroatoms. The van der Waals surface area contributed by atoms with Crippen molar-refractivity contribution in [1.82, 2.24) is 0 Å². The zero-order valence-corrected chi connectivity index (χ0v) is 59.2. The normalized spacial score (nSPS) is 13.8. The van der Waals surface area contributed by atoms with Crippen LogP contribution in [0, 0.1) is 0 Å². The Morgan fingerprint density at radius 2 is 0.640 bits per heavy atom. The van der Waals surface area contributed by atoms with Crippen LogP contribution in [0.4, 0.5) is 0 Å². The summed E-state index contributed by atoms with van der Waals surface area (Å²) < 4.78 is 34.3. The van der Waals surface area contributed by atoms with E-state index in [2.05, 4.69) is 135 Å². The number of nitrogens with zero attached hydrogens (tertiary/aromatic N) is 1. The number of likely N-dealkylation sites (N-methyl/N-ethyl adjacent to an activating group) is 1. The lowest BCUT2D eigenvalue weighted by atomic mass is 10.0. The van der Waals surface area contributed by atoms with Gasteiger partial charge < -0.3 is 27.9 Å². The number of esters is 2. The van der Waals surface area contributed by atoms with Crippen LogP contribution in [0.15, 0.2) is 122 Å². The minimum atomic E-state index is -4.65. The fourth-order valence-corrected chi connectivity index (χ4v) is 10.9. The van der Waals surface area contributed by atoms with Gasteiger partial charge in [0.2, 0.25) is 0 Å². The third kappa shape index (κ3) is 73.3. The largest absolute Gasteiger partial charge is 0.756 e. The van der Waals surface area contributed by atoms with Gasteiger partial charge in [0.15, 0.2) is 6.10 Å². The number of carbonyl (C=O) groups excluding carboxylic acids is 2. The summed E-state index contributed by atoms with van der Waals surface area (Å²) in [6, 6.07) is 0. The SMILES string of the molecule is CC/C=C\C/C=C\C/C=C\C/C=C\C/C=C\C/C=C\C/C=C\C/C=C\C/C=C\C/C=C\CCCCCCCCC(=O)OC(COC(=O)CCCCCCCCCCCCCCCCCCCCCCCCCCCCCC)COP(=O)([O-])OCC[N+](C)(C)C. The number of hydrogen-bond donors (Lipinski definition) is 0. The Bertz CT molecular complexity index is 1920. The van der Waals surface area contributed by atoms with E-state index >= 15 is 0 Å². The lowest BCUT2D eigenvalue weighted by Crippen LogP contribution is -2.37. The Hall–Kier alpha value is -3.59. The molecule has 0 heterocycles. The van der Waals surface area contributed by atoms with Gasteiger partial charge in [-0.15, -0.1) is 0 Å². The van der Waals surface area contributed by atoms with Crippen molar-refractivity contribution in [3.05, 3.63) is 122 Å². The van der Waals surface area contributed by atoms with Crippen molar-refractivity contribution in [2.45, 2.75) is 322 Å². The van der Waals surface area contributed by atoms with Gasteiger partial charge in [-0.05, 0) is 89.9 Å². The number of phosphoric ester groups is 1. The minimum absolute atomic E-state index is 0.0382. The Labute approximate surface area is 549 Å². The van der Waals surface area contributed by atoms with E-state index in [1.165, 1.54) is 161 Å². The molecule has 0 spiro atoms. The minimum Gasteiger partial charge on any atom is -0.756 e. The van der Waals surface area contributed by atoms with Crippen molar-refractivity contribution in [2.75, 3.05) is 47.5 Å². The fourth-order valence-electron chi connectivity index (χ4n) is 10.2. The molecule has 0 aliphatic rings. The first-order valence-electron chi connectivity index (χ1n) is 36.7. The third-order valence-corrected chi connectivity index (χ3v) is 16.7. The van der Waals surface area contributed by atoms with Crippen molar-refractivity contribution < 1.29 is 42.1 Å². The smallest absolute Gasteiger partial charge is 0.306 e. The standard InChI is InChI=1S/C79H138NO8P/c1-6-8-10-12-14-16-18-20-22-24-26-28-30-32-34-36-37-38-39-40-41-42-43-44-46-48-50-52-54-56-58-60-62-64-66-68-70-72-79(82)88-77(76-87-89(83,84)86-74-73-80(3,4)5)75-85-78(81)71-69-67-65-63-61-59-57-55-53-51-49-47-45-35-33-31-29-27-25-23-21-19-17-15-13-11-9-7-2/h8,10,14,16,20,22,26,28,32,34,37-38,40-41,43-44,48,50,54,56,77H,6-7,9,11-13,15,17-19,21,23-25,27,29-31,33,35-36,39,42,45-47,49,51-53,55,57-76H2,1-5H3/b10-8-,16-14-,22-20-,28-26-,34-32-,38-37-,41-40-,44-43-,50-48-,56-54-. The van der Waals surface area contributed by atoms with Gasteiger partial charge in [0, 0.05) is 12.8 Å². The molecule has 2 unspecified atom stereocenters. The molecular weight excluding hydrogens is 1120 g/mol. The predicted molar refractivity (Wildman–Crippen MR) is 383 cm³/mol. The first-order chi connectivity index (χ1) is 43.5. The average molecular weight is 1260 g/mol. The highest BCUT2D eigenvalue weighted by Crippen LogP contribution is 2.38. The van der Waals surface area contributed by atoms with Crippen molar-refractivity contribution in [3.8, 4) is 0 Å². The van der Waals surface area contributed by atoms with E-state index in [1.54, 1.807) is 0 Å². The maximum Gasteiger partial charge on any atom is 0.306 e. The summed E-state index contributed by atoms with van der Waals surface area (Å²) in [6.45, 7) is 4.14. The highest BCUT2D eigenvalue weighted by molar-refractivity contribution is 7.45. The summed E-state index contributed by atoms with van der Waals surface area (Å²) in [4.78, 5) is 38.1. The number of rotatable bonds is 67. The van der Waals surface area contributed by atoms with Crippen LogP contribution in [0.5, 0.6) is 0 Å². The molecule has 0 N–H and O–H groups in total. The number of hydrogen-bond acceptors (Lipinski definition) is 8. The highest BCUT2D eigenvalue weighted by Gasteiger charge is 2.22. The molecule has 0 rings (SSSR count). The summed E-state index contributed by atoms with van der Waals surface area (Å²) in [5.74, 6) is -0.845. The molecule has 89 heavy (non-hydrogen) atoms. The van der Waals surface area contributed by atoms with Crippen LogP contribution in [0.1, 0.15) is 316 Å². The second kappa shape index (κ2) is 68.8. The molecule has 2 atom stereocenters. The number of carbonyl (C=O) groups is 2. The topological polar surface area (TPSA) is 111 Å². The van der Waals surface area contributed by atoms with Crippen LogP contribution in [0.25, 0.3) is 0 Å². The van der Waals surface area contributed by atoms with E-state index in [1.807, 2.05) is 21.1 Å². The molecule has 0 amide bonds. The van der Waals surface area contributed by atoms with E-state index in [0.29, 0.717) is 17.4 Å². The van der Waals surface area contributed by atoms with Gasteiger partial charge in [0.25, 0.3) is 7.82 Å². The van der Waals surface area contributed by atoms with Crippen LogP contribution in [0.3, 0.4) is 0 Å². The van der Waals surface area contributed by atoms with Gasteiger partial charge in [-0.2, -0.15) is 0 Å². The average Bonchev–Trinajstić information content (AvgIpc) is 3.60. The summed E-state index contributed by atoms with van der Waals surface area (Å²) in [7, 11) is 1.15. The van der Waals surface area contributed by atoms with Crippen LogP contribution >= 0.6 is 7.82 Å². The van der Waals surface area contributed by atoms with E-state index < -0.39 is 26.5 Å². The monoisotopic (exact) mass is 1260 g/mol. The van der Waals surface area contributed by atoms with E-state index in [4.69, 9.17) is 18.5 Å². The maximum atomic E-state index is 12.9. The number of allylic oxidation sites excluding steroid dienone is 20. The first-order valence-corrected chi connectivity index (χ1v) is 38.2. The van der Waals surface area contributed by atoms with E-state index in [0.717, 1.165) is 122 Å². The molecule has 0 bridgehead atoms. The Balaban J connectivity index is 4.10. The Morgan fingerprint density at radius 1 is 0.360 bits per heavy atom. The lowest BCUT2D eigenvalue weighted by molar-refractivity contribution is -0.870. The van der Waals surface area contributed by atoms with Gasteiger partial charge in [0.1, 0.15) is 19.8 Å². The molecule has 0 fully saturated rings. The molecule has 0 aromatic rings. The molecule has 0 aromatic heterocycles. The van der Waals surface area contributed by atoms with Gasteiger partial charge >= 0.3 is 11.9 Å². The first kappa shape index (κ1) is 85.4. The van der Waals surface area contributed by atoms with Gasteiger partial charge in [0.05, 0.1) is 27.7 Å². The summed E-state index contributed by atoms with van der Waals surface area (Å²) in [5.41, 5.74) is 0. The molecule has 0 saturated carbocycles. The number of ether oxygens (including phenoxy) is 2. The molecule has 0 aliphatic heterocycles. The van der Waals surface area contributed by atoms with Gasteiger partial charge in [-0.25, -0.2) is 0 Å². The second-order valence-corrected chi connectivity index (χ2v) is 27.0. The van der Waals surface area contributed by atoms with Crippen molar-refractivity contribution in [3.63, 3.8) is 0 Å². The number of quaternary nitrogens is 1. The zero-order valence-electron chi connectivity index (χ0n) is 58.3. The highest BCUT2D eigenvalue weighted by atomic mass is 31.2. The maximum absolute atomic E-state index is 12.9. The summed E-state index contributed by atoms with van der Waals surface area (Å²) in [6.07, 6.45) is 98.6. The molecule has 9 nitrogen and oxygen atoms in total. The van der Waals surface area contributed by atoms with Crippen LogP contribution in [0.2, 0.25) is 0 Å². The molecular formula is C79H138NO8P. The third-order valence-electron chi connectivity index (χ3n) is 15.7. The number of unbranched alkanes of at least 4 members (excludes halogenated alkanes) is 33. The Morgan fingerprint density at radius 3 is 0.955 bits per heavy atom. The summed E-state index contributed by atoms with van der Waals surface area (Å²) >= 11 is 0. The number of phosphoric acid groups is 1.